The molecular formula is C15H24N2O2S. The average Bonchev–Trinajstić information content (AvgIpc) is 2.33. The molecule has 0 spiro atoms. The van der Waals surface area contributed by atoms with Crippen LogP contribution in [0.2, 0.25) is 0 Å². The van der Waals surface area contributed by atoms with Gasteiger partial charge in [-0.15, -0.1) is 0 Å². The summed E-state index contributed by atoms with van der Waals surface area (Å²) in [6.45, 7) is 4.87. The van der Waals surface area contributed by atoms with Gasteiger partial charge < -0.3 is 5.73 Å². The first-order chi connectivity index (χ1) is 9.44. The van der Waals surface area contributed by atoms with Gasteiger partial charge in [-0.3, -0.25) is 0 Å². The minimum atomic E-state index is -3.48. The number of hydrogen-bond acceptors (Lipinski definition) is 3. The zero-order valence-electron chi connectivity index (χ0n) is 12.4. The molecule has 0 amide bonds. The molecule has 1 fully saturated rings. The zero-order valence-corrected chi connectivity index (χ0v) is 13.2. The van der Waals surface area contributed by atoms with Crippen LogP contribution in [0.15, 0.2) is 17.0 Å². The van der Waals surface area contributed by atoms with Gasteiger partial charge in [0.1, 0.15) is 4.90 Å². The lowest BCUT2D eigenvalue weighted by atomic mass is 10.1. The number of nitrogen functional groups attached to an aromatic ring is 1. The highest BCUT2D eigenvalue weighted by Crippen LogP contribution is 2.29. The van der Waals surface area contributed by atoms with Crippen molar-refractivity contribution in [3.63, 3.8) is 0 Å². The molecule has 1 aliphatic rings. The van der Waals surface area contributed by atoms with Gasteiger partial charge in [0.15, 0.2) is 0 Å². The monoisotopic (exact) mass is 296 g/mol. The molecule has 2 rings (SSSR count). The second kappa shape index (κ2) is 6.14. The Balaban J connectivity index is 2.41. The van der Waals surface area contributed by atoms with Crippen molar-refractivity contribution in [1.29, 1.82) is 0 Å². The Morgan fingerprint density at radius 3 is 2.05 bits per heavy atom. The molecule has 1 aromatic carbocycles. The highest BCUT2D eigenvalue weighted by Gasteiger charge is 2.28. The summed E-state index contributed by atoms with van der Waals surface area (Å²) >= 11 is 0. The Morgan fingerprint density at radius 1 is 0.950 bits per heavy atom. The Kier molecular flexibility index (Phi) is 4.70. The third-order valence-corrected chi connectivity index (χ3v) is 6.13. The van der Waals surface area contributed by atoms with Gasteiger partial charge in [0.2, 0.25) is 10.0 Å². The van der Waals surface area contributed by atoms with Crippen LogP contribution in [0.1, 0.15) is 43.2 Å². The largest absolute Gasteiger partial charge is 0.397 e. The minimum Gasteiger partial charge on any atom is -0.397 e. The standard InChI is InChI=1S/C15H24N2O2S/c1-12-8-9-13(2)15(14(12)16)20(18,19)17-10-6-4-3-5-7-11-17/h8-9H,3-7,10-11,16H2,1-2H3. The molecule has 5 heteroatoms. The maximum Gasteiger partial charge on any atom is 0.245 e. The average molecular weight is 296 g/mol. The molecule has 2 N–H and O–H groups in total. The van der Waals surface area contributed by atoms with E-state index in [0.717, 1.165) is 36.8 Å². The number of nitrogens with zero attached hydrogens (tertiary/aromatic N) is 1. The van der Waals surface area contributed by atoms with E-state index in [1.54, 1.807) is 4.31 Å². The minimum absolute atomic E-state index is 0.304. The lowest BCUT2D eigenvalue weighted by Gasteiger charge is -2.26. The highest BCUT2D eigenvalue weighted by molar-refractivity contribution is 7.89. The Labute approximate surface area is 122 Å². The van der Waals surface area contributed by atoms with Crippen LogP contribution in [0, 0.1) is 13.8 Å². The second-order valence-corrected chi connectivity index (χ2v) is 7.49. The summed E-state index contributed by atoms with van der Waals surface area (Å²) < 4.78 is 27.4. The summed E-state index contributed by atoms with van der Waals surface area (Å²) in [5, 5.41) is 0. The van der Waals surface area contributed by atoms with Crippen molar-refractivity contribution >= 4 is 15.7 Å². The van der Waals surface area contributed by atoms with Crippen LogP contribution in [0.5, 0.6) is 0 Å². The van der Waals surface area contributed by atoms with Crippen molar-refractivity contribution in [3.8, 4) is 0 Å². The van der Waals surface area contributed by atoms with Crippen LogP contribution >= 0.6 is 0 Å². The summed E-state index contributed by atoms with van der Waals surface area (Å²) in [7, 11) is -3.48. The molecule has 4 nitrogen and oxygen atoms in total. The number of hydrogen-bond donors (Lipinski definition) is 1. The molecule has 1 aliphatic heterocycles. The summed E-state index contributed by atoms with van der Waals surface area (Å²) in [6.07, 6.45) is 5.29. The van der Waals surface area contributed by atoms with Crippen molar-refractivity contribution in [3.05, 3.63) is 23.3 Å². The van der Waals surface area contributed by atoms with Crippen molar-refractivity contribution in [2.45, 2.75) is 50.8 Å². The fourth-order valence-corrected chi connectivity index (χ4v) is 4.65. The van der Waals surface area contributed by atoms with E-state index in [1.165, 1.54) is 6.42 Å². The number of aryl methyl sites for hydroxylation is 2. The van der Waals surface area contributed by atoms with E-state index in [4.69, 9.17) is 5.73 Å². The van der Waals surface area contributed by atoms with Gasteiger partial charge in [0.05, 0.1) is 5.69 Å². The SMILES string of the molecule is Cc1ccc(C)c(S(=O)(=O)N2CCCCCCC2)c1N. The normalized spacial score (nSPS) is 18.5. The van der Waals surface area contributed by atoms with Crippen LogP contribution in [-0.4, -0.2) is 25.8 Å². The summed E-state index contributed by atoms with van der Waals surface area (Å²) in [5.41, 5.74) is 7.99. The molecule has 112 valence electrons. The molecule has 0 saturated carbocycles. The van der Waals surface area contributed by atoms with Gasteiger partial charge in [-0.05, 0) is 37.8 Å². The Hall–Kier alpha value is -1.07. The van der Waals surface area contributed by atoms with Crippen LogP contribution < -0.4 is 5.73 Å². The van der Waals surface area contributed by atoms with E-state index < -0.39 is 10.0 Å². The fourth-order valence-electron chi connectivity index (χ4n) is 2.74. The van der Waals surface area contributed by atoms with E-state index in [-0.39, 0.29) is 0 Å². The second-order valence-electron chi connectivity index (χ2n) is 5.61. The molecule has 20 heavy (non-hydrogen) atoms. The van der Waals surface area contributed by atoms with Crippen LogP contribution in [-0.2, 0) is 10.0 Å². The van der Waals surface area contributed by atoms with Gasteiger partial charge in [-0.2, -0.15) is 4.31 Å². The first kappa shape index (κ1) is 15.3. The predicted octanol–water partition coefficient (Wildman–Crippen LogP) is 2.84. The van der Waals surface area contributed by atoms with Crippen LogP contribution in [0.25, 0.3) is 0 Å². The molecule has 0 aromatic heterocycles. The van der Waals surface area contributed by atoms with Gasteiger partial charge in [-0.25, -0.2) is 8.42 Å². The quantitative estimate of drug-likeness (QED) is 0.854. The third kappa shape index (κ3) is 2.99. The molecule has 1 aromatic rings. The lowest BCUT2D eigenvalue weighted by molar-refractivity contribution is 0.364. The number of anilines is 1. The smallest absolute Gasteiger partial charge is 0.245 e. The third-order valence-electron chi connectivity index (χ3n) is 4.02. The maximum absolute atomic E-state index is 12.9. The number of nitrogens with two attached hydrogens (primary N) is 1. The molecule has 0 bridgehead atoms. The van der Waals surface area contributed by atoms with Crippen LogP contribution in [0.4, 0.5) is 5.69 Å². The summed E-state index contributed by atoms with van der Waals surface area (Å²) in [5.74, 6) is 0. The van der Waals surface area contributed by atoms with Crippen LogP contribution in [0.3, 0.4) is 0 Å². The van der Waals surface area contributed by atoms with Gasteiger partial charge in [0.25, 0.3) is 0 Å². The number of rotatable bonds is 2. The van der Waals surface area contributed by atoms with E-state index in [9.17, 15) is 8.42 Å². The van der Waals surface area contributed by atoms with Crippen molar-refractivity contribution < 1.29 is 8.42 Å². The lowest BCUT2D eigenvalue weighted by Crippen LogP contribution is -2.34. The first-order valence-electron chi connectivity index (χ1n) is 7.30. The molecule has 0 radical (unpaired) electrons. The zero-order chi connectivity index (χ0) is 14.8. The van der Waals surface area contributed by atoms with Gasteiger partial charge in [-0.1, -0.05) is 31.4 Å². The predicted molar refractivity (Wildman–Crippen MR) is 82.2 cm³/mol. The molecule has 1 saturated heterocycles. The van der Waals surface area contributed by atoms with E-state index >= 15 is 0 Å². The van der Waals surface area contributed by atoms with Gasteiger partial charge >= 0.3 is 0 Å². The van der Waals surface area contributed by atoms with Crippen molar-refractivity contribution in [2.75, 3.05) is 18.8 Å². The Morgan fingerprint density at radius 2 is 1.45 bits per heavy atom. The molecule has 0 aliphatic carbocycles. The fraction of sp³-hybridized carbons (Fsp3) is 0.600. The number of sulfonamides is 1. The topological polar surface area (TPSA) is 63.4 Å². The van der Waals surface area contributed by atoms with Gasteiger partial charge in [0, 0.05) is 13.1 Å². The van der Waals surface area contributed by atoms with Crippen molar-refractivity contribution in [2.24, 2.45) is 0 Å². The highest BCUT2D eigenvalue weighted by atomic mass is 32.2. The molecular weight excluding hydrogens is 272 g/mol. The first-order valence-corrected chi connectivity index (χ1v) is 8.74. The Bertz CT molecular complexity index is 574. The number of benzene rings is 1. The summed E-state index contributed by atoms with van der Waals surface area (Å²) in [6, 6.07) is 3.71. The molecule has 0 atom stereocenters. The van der Waals surface area contributed by atoms with Crippen molar-refractivity contribution in [1.82, 2.24) is 4.31 Å². The maximum atomic E-state index is 12.9. The van der Waals surface area contributed by atoms with E-state index in [1.807, 2.05) is 26.0 Å². The molecule has 0 unspecified atom stereocenters. The van der Waals surface area contributed by atoms with E-state index in [2.05, 4.69) is 0 Å². The molecule has 1 heterocycles. The van der Waals surface area contributed by atoms with E-state index in [0.29, 0.717) is 23.7 Å². The summed E-state index contributed by atoms with van der Waals surface area (Å²) in [4.78, 5) is 0.304.